The number of ether oxygens (including phenoxy) is 1. The van der Waals surface area contributed by atoms with Gasteiger partial charge in [0.15, 0.2) is 6.10 Å². The van der Waals surface area contributed by atoms with Crippen LogP contribution in [-0.4, -0.2) is 38.2 Å². The van der Waals surface area contributed by atoms with Crippen molar-refractivity contribution < 1.29 is 22.9 Å². The molecule has 2 aromatic carbocycles. The highest BCUT2D eigenvalue weighted by atomic mass is 35.5. The number of carbonyl (C=O) groups excluding carboxylic acids is 1. The van der Waals surface area contributed by atoms with Crippen LogP contribution in [0, 0.1) is 17.0 Å². The van der Waals surface area contributed by atoms with Gasteiger partial charge in [0.25, 0.3) is 11.6 Å². The fourth-order valence-corrected chi connectivity index (χ4v) is 4.15. The van der Waals surface area contributed by atoms with Crippen molar-refractivity contribution in [3.8, 4) is 5.75 Å². The van der Waals surface area contributed by atoms with Crippen LogP contribution in [0.15, 0.2) is 36.4 Å². The zero-order chi connectivity index (χ0) is 21.3. The summed E-state index contributed by atoms with van der Waals surface area (Å²) in [6, 6.07) is 8.86. The minimum Gasteiger partial charge on any atom is -0.478 e. The van der Waals surface area contributed by atoms with Gasteiger partial charge >= 0.3 is 0 Å². The van der Waals surface area contributed by atoms with Crippen LogP contribution >= 0.6 is 11.6 Å². The number of fused-ring (bicyclic) bond motifs is 1. The summed E-state index contributed by atoms with van der Waals surface area (Å²) in [5.41, 5.74) is 0.729. The smallest absolute Gasteiger partial charge is 0.274 e. The van der Waals surface area contributed by atoms with Gasteiger partial charge in [-0.25, -0.2) is 8.42 Å². The summed E-state index contributed by atoms with van der Waals surface area (Å²) in [4.78, 5) is 23.4. The van der Waals surface area contributed by atoms with Crippen molar-refractivity contribution in [2.75, 3.05) is 22.4 Å². The highest BCUT2D eigenvalue weighted by Crippen LogP contribution is 2.36. The number of anilines is 2. The average molecular weight is 440 g/mol. The van der Waals surface area contributed by atoms with Gasteiger partial charge in [0.05, 0.1) is 28.1 Å². The molecule has 1 heterocycles. The number of nitrogens with zero attached hydrogens (tertiary/aromatic N) is 2. The van der Waals surface area contributed by atoms with Crippen molar-refractivity contribution in [2.24, 2.45) is 0 Å². The molecule has 0 radical (unpaired) electrons. The molecule has 9 nitrogen and oxygen atoms in total. The molecule has 1 atom stereocenters. The van der Waals surface area contributed by atoms with Gasteiger partial charge in [-0.05, 0) is 31.2 Å². The number of hydrogen-bond donors (Lipinski definition) is 1. The molecule has 0 spiro atoms. The summed E-state index contributed by atoms with van der Waals surface area (Å²) in [5, 5.41) is 14.1. The van der Waals surface area contributed by atoms with E-state index >= 15 is 0 Å². The number of rotatable bonds is 4. The number of carbonyl (C=O) groups is 1. The van der Waals surface area contributed by atoms with E-state index in [0.29, 0.717) is 10.6 Å². The summed E-state index contributed by atoms with van der Waals surface area (Å²) >= 11 is 6.00. The molecule has 0 aliphatic carbocycles. The van der Waals surface area contributed by atoms with Crippen molar-refractivity contribution in [2.45, 2.75) is 19.4 Å². The van der Waals surface area contributed by atoms with Crippen LogP contribution in [0.4, 0.5) is 17.1 Å². The van der Waals surface area contributed by atoms with E-state index in [1.54, 1.807) is 6.07 Å². The average Bonchev–Trinajstić information content (AvgIpc) is 2.82. The zero-order valence-corrected chi connectivity index (χ0v) is 17.2. The summed E-state index contributed by atoms with van der Waals surface area (Å²) in [6.45, 7) is 1.54. The number of halogens is 1. The van der Waals surface area contributed by atoms with Crippen LogP contribution in [0.2, 0.25) is 5.02 Å². The van der Waals surface area contributed by atoms with E-state index in [9.17, 15) is 23.3 Å². The Morgan fingerprint density at radius 2 is 2.07 bits per heavy atom. The third-order valence-corrected chi connectivity index (χ3v) is 5.92. The van der Waals surface area contributed by atoms with Crippen LogP contribution in [0.5, 0.6) is 5.75 Å². The van der Waals surface area contributed by atoms with Crippen LogP contribution in [0.1, 0.15) is 12.0 Å². The van der Waals surface area contributed by atoms with E-state index in [1.807, 2.05) is 0 Å². The first-order chi connectivity index (χ1) is 13.6. The molecule has 0 aromatic heterocycles. The number of hydrogen-bond acceptors (Lipinski definition) is 6. The van der Waals surface area contributed by atoms with Crippen molar-refractivity contribution in [1.29, 1.82) is 0 Å². The summed E-state index contributed by atoms with van der Waals surface area (Å²) in [6.07, 6.45) is 0.143. The van der Waals surface area contributed by atoms with Gasteiger partial charge in [-0.2, -0.15) is 0 Å². The first-order valence-corrected chi connectivity index (χ1v) is 10.8. The normalized spacial score (nSPS) is 16.4. The molecule has 2 aromatic rings. The van der Waals surface area contributed by atoms with Crippen molar-refractivity contribution in [1.82, 2.24) is 0 Å². The van der Waals surface area contributed by atoms with Crippen molar-refractivity contribution in [3.05, 3.63) is 57.1 Å². The molecule has 0 bridgehead atoms. The molecule has 1 aliphatic rings. The first-order valence-electron chi connectivity index (χ1n) is 8.56. The Bertz CT molecular complexity index is 1090. The van der Waals surface area contributed by atoms with Gasteiger partial charge in [-0.1, -0.05) is 17.7 Å². The molecule has 0 unspecified atom stereocenters. The Labute approximate surface area is 172 Å². The lowest BCUT2D eigenvalue weighted by Gasteiger charge is -2.21. The molecule has 1 amide bonds. The number of amides is 1. The number of nitrogens with one attached hydrogen (secondary N) is 1. The lowest BCUT2D eigenvalue weighted by Crippen LogP contribution is -2.36. The van der Waals surface area contributed by atoms with E-state index < -0.39 is 27.0 Å². The zero-order valence-electron chi connectivity index (χ0n) is 15.6. The van der Waals surface area contributed by atoms with Crippen LogP contribution in [-0.2, 0) is 14.8 Å². The maximum atomic E-state index is 12.8. The SMILES string of the molecule is Cc1c(NC(=O)[C@H]2CCN(S(C)(=O)=O)c3cc(Cl)ccc3O2)cccc1[N+](=O)[O-]. The minimum absolute atomic E-state index is 0.0121. The second-order valence-corrected chi connectivity index (χ2v) is 8.88. The maximum absolute atomic E-state index is 12.8. The van der Waals surface area contributed by atoms with Crippen molar-refractivity contribution in [3.63, 3.8) is 0 Å². The lowest BCUT2D eigenvalue weighted by molar-refractivity contribution is -0.385. The van der Waals surface area contributed by atoms with E-state index in [0.717, 1.165) is 10.6 Å². The number of benzene rings is 2. The molecule has 0 saturated carbocycles. The van der Waals surface area contributed by atoms with E-state index in [-0.39, 0.29) is 35.8 Å². The van der Waals surface area contributed by atoms with E-state index in [4.69, 9.17) is 16.3 Å². The standard InChI is InChI=1S/C18H18ClN3O6S/c1-11-13(4-3-5-14(11)22(24)25)20-18(23)17-8-9-21(29(2,26)27)15-10-12(19)6-7-16(15)28-17/h3-7,10,17H,8-9H2,1-2H3,(H,20,23)/t17-/m1/s1. The third-order valence-electron chi connectivity index (χ3n) is 4.51. The summed E-state index contributed by atoms with van der Waals surface area (Å²) in [7, 11) is -3.62. The second kappa shape index (κ2) is 7.88. The van der Waals surface area contributed by atoms with Gasteiger partial charge in [-0.3, -0.25) is 19.2 Å². The maximum Gasteiger partial charge on any atom is 0.274 e. The molecule has 1 aliphatic heterocycles. The highest BCUT2D eigenvalue weighted by Gasteiger charge is 2.32. The molecule has 11 heteroatoms. The third kappa shape index (κ3) is 4.43. The quantitative estimate of drug-likeness (QED) is 0.577. The molecule has 29 heavy (non-hydrogen) atoms. The minimum atomic E-state index is -3.62. The van der Waals surface area contributed by atoms with Gasteiger partial charge in [0.2, 0.25) is 10.0 Å². The predicted molar refractivity (Wildman–Crippen MR) is 109 cm³/mol. The largest absolute Gasteiger partial charge is 0.478 e. The Kier molecular flexibility index (Phi) is 5.67. The number of nitro benzene ring substituents is 1. The molecule has 1 N–H and O–H groups in total. The van der Waals surface area contributed by atoms with Gasteiger partial charge in [-0.15, -0.1) is 0 Å². The predicted octanol–water partition coefficient (Wildman–Crippen LogP) is 3.11. The fraction of sp³-hybridized carbons (Fsp3) is 0.278. The second-order valence-electron chi connectivity index (χ2n) is 6.54. The molecule has 3 rings (SSSR count). The van der Waals surface area contributed by atoms with Crippen LogP contribution < -0.4 is 14.4 Å². The Hall–Kier alpha value is -2.85. The number of nitro groups is 1. The topological polar surface area (TPSA) is 119 Å². The molecule has 154 valence electrons. The highest BCUT2D eigenvalue weighted by molar-refractivity contribution is 7.92. The Balaban J connectivity index is 1.90. The van der Waals surface area contributed by atoms with Crippen molar-refractivity contribution >= 4 is 44.6 Å². The number of sulfonamides is 1. The fourth-order valence-electron chi connectivity index (χ4n) is 3.05. The summed E-state index contributed by atoms with van der Waals surface area (Å²) < 4.78 is 31.3. The Morgan fingerprint density at radius 1 is 1.34 bits per heavy atom. The Morgan fingerprint density at radius 3 is 2.72 bits per heavy atom. The van der Waals surface area contributed by atoms with Crippen LogP contribution in [0.3, 0.4) is 0 Å². The van der Waals surface area contributed by atoms with Crippen LogP contribution in [0.25, 0.3) is 0 Å². The van der Waals surface area contributed by atoms with Gasteiger partial charge < -0.3 is 10.1 Å². The van der Waals surface area contributed by atoms with E-state index in [1.165, 1.54) is 37.3 Å². The monoisotopic (exact) mass is 439 g/mol. The molecular formula is C18H18ClN3O6S. The van der Waals surface area contributed by atoms with Gasteiger partial charge in [0.1, 0.15) is 5.75 Å². The molecular weight excluding hydrogens is 422 g/mol. The molecule has 0 saturated heterocycles. The molecule has 0 fully saturated rings. The first kappa shape index (κ1) is 20.9. The lowest BCUT2D eigenvalue weighted by atomic mass is 10.1. The van der Waals surface area contributed by atoms with E-state index in [2.05, 4.69) is 5.32 Å². The summed E-state index contributed by atoms with van der Waals surface area (Å²) in [5.74, 6) is -0.335. The van der Waals surface area contributed by atoms with Gasteiger partial charge in [0, 0.05) is 24.1 Å².